The lowest BCUT2D eigenvalue weighted by Gasteiger charge is -2.29. The fourth-order valence-electron chi connectivity index (χ4n) is 2.34. The normalized spacial score (nSPS) is 13.8. The van der Waals surface area contributed by atoms with E-state index >= 15 is 0 Å². The first kappa shape index (κ1) is 18.1. The van der Waals surface area contributed by atoms with E-state index in [0.29, 0.717) is 27.1 Å². The number of halogens is 2. The van der Waals surface area contributed by atoms with Gasteiger partial charge >= 0.3 is 0 Å². The van der Waals surface area contributed by atoms with Gasteiger partial charge in [0.25, 0.3) is 0 Å². The van der Waals surface area contributed by atoms with E-state index in [-0.39, 0.29) is 6.54 Å². The Bertz CT molecular complexity index is 842. The highest BCUT2D eigenvalue weighted by Gasteiger charge is 2.33. The molecule has 0 aliphatic heterocycles. The quantitative estimate of drug-likeness (QED) is 0.648. The Morgan fingerprint density at radius 2 is 2.16 bits per heavy atom. The second-order valence-electron chi connectivity index (χ2n) is 5.46. The van der Waals surface area contributed by atoms with E-state index in [4.69, 9.17) is 23.2 Å². The molecule has 0 saturated carbocycles. The first-order valence-corrected chi connectivity index (χ1v) is 9.18. The minimum atomic E-state index is -1.26. The first-order chi connectivity index (χ1) is 12.0. The van der Waals surface area contributed by atoms with Crippen molar-refractivity contribution < 1.29 is 5.11 Å². The van der Waals surface area contributed by atoms with E-state index in [0.717, 1.165) is 5.82 Å². The fraction of sp³-hybridized carbons (Fsp3) is 0.357. The van der Waals surface area contributed by atoms with Gasteiger partial charge in [0.15, 0.2) is 5.82 Å². The van der Waals surface area contributed by atoms with E-state index in [1.807, 2.05) is 0 Å². The SMILES string of the molecule is Cn1nnnc1CSCC(O)(Cn1cncn1)c1ccc(Cl)cc1Cl. The molecule has 25 heavy (non-hydrogen) atoms. The molecule has 3 aromatic rings. The number of aromatic nitrogens is 7. The second kappa shape index (κ2) is 7.69. The van der Waals surface area contributed by atoms with Crippen molar-refractivity contribution >= 4 is 35.0 Å². The van der Waals surface area contributed by atoms with Crippen molar-refractivity contribution in [3.8, 4) is 0 Å². The fourth-order valence-corrected chi connectivity index (χ4v) is 4.04. The highest BCUT2D eigenvalue weighted by atomic mass is 35.5. The summed E-state index contributed by atoms with van der Waals surface area (Å²) in [5, 5.41) is 27.7. The Morgan fingerprint density at radius 1 is 1.32 bits per heavy atom. The molecule has 1 aromatic carbocycles. The molecule has 2 heterocycles. The molecule has 0 saturated heterocycles. The van der Waals surface area contributed by atoms with Gasteiger partial charge < -0.3 is 5.11 Å². The zero-order valence-electron chi connectivity index (χ0n) is 13.2. The van der Waals surface area contributed by atoms with Crippen molar-refractivity contribution in [2.24, 2.45) is 7.05 Å². The number of tetrazole rings is 1. The van der Waals surface area contributed by atoms with Gasteiger partial charge in [-0.1, -0.05) is 29.3 Å². The first-order valence-electron chi connectivity index (χ1n) is 7.27. The van der Waals surface area contributed by atoms with Crippen molar-refractivity contribution in [1.82, 2.24) is 35.0 Å². The Kier molecular flexibility index (Phi) is 5.57. The minimum absolute atomic E-state index is 0.207. The van der Waals surface area contributed by atoms with E-state index in [1.165, 1.54) is 18.1 Å². The van der Waals surface area contributed by atoms with E-state index in [9.17, 15) is 5.11 Å². The standard InChI is InChI=1S/C14H15Cl2N7OS/c1-22-13(19-20-21-22)5-25-7-14(24,6-23-9-17-8-18-23)11-3-2-10(15)4-12(11)16/h2-4,8-9,24H,5-7H2,1H3. The molecule has 0 radical (unpaired) electrons. The maximum atomic E-state index is 11.3. The van der Waals surface area contributed by atoms with Crippen molar-refractivity contribution in [2.75, 3.05) is 5.75 Å². The molecule has 3 rings (SSSR count). The summed E-state index contributed by atoms with van der Waals surface area (Å²) in [5.74, 6) is 1.63. The zero-order chi connectivity index (χ0) is 17.9. The molecular weight excluding hydrogens is 385 g/mol. The lowest BCUT2D eigenvalue weighted by Crippen LogP contribution is -2.35. The Hall–Kier alpha value is -1.68. The molecule has 2 aromatic heterocycles. The predicted octanol–water partition coefficient (Wildman–Crippen LogP) is 1.93. The Morgan fingerprint density at radius 3 is 2.80 bits per heavy atom. The van der Waals surface area contributed by atoms with Crippen LogP contribution in [0.1, 0.15) is 11.4 Å². The lowest BCUT2D eigenvalue weighted by atomic mass is 9.95. The van der Waals surface area contributed by atoms with Gasteiger partial charge in [-0.15, -0.1) is 5.10 Å². The second-order valence-corrected chi connectivity index (χ2v) is 7.29. The van der Waals surface area contributed by atoms with E-state index < -0.39 is 5.60 Å². The molecule has 1 unspecified atom stereocenters. The van der Waals surface area contributed by atoms with Gasteiger partial charge in [0, 0.05) is 28.4 Å². The van der Waals surface area contributed by atoms with Gasteiger partial charge in [-0.2, -0.15) is 16.9 Å². The van der Waals surface area contributed by atoms with Crippen molar-refractivity contribution in [1.29, 1.82) is 0 Å². The molecule has 0 fully saturated rings. The molecule has 8 nitrogen and oxygen atoms in total. The van der Waals surface area contributed by atoms with Gasteiger partial charge in [-0.05, 0) is 22.6 Å². The molecule has 1 atom stereocenters. The van der Waals surface area contributed by atoms with E-state index in [1.54, 1.807) is 40.9 Å². The number of benzene rings is 1. The van der Waals surface area contributed by atoms with Crippen molar-refractivity contribution in [3.05, 3.63) is 52.3 Å². The summed E-state index contributed by atoms with van der Waals surface area (Å²) in [6, 6.07) is 5.04. The van der Waals surface area contributed by atoms with Crippen LogP contribution in [0.25, 0.3) is 0 Å². The van der Waals surface area contributed by atoms with Gasteiger partial charge in [-0.25, -0.2) is 14.3 Å². The van der Waals surface area contributed by atoms with Crippen LogP contribution in [0.2, 0.25) is 10.0 Å². The third kappa shape index (κ3) is 4.30. The maximum absolute atomic E-state index is 11.3. The molecule has 0 bridgehead atoms. The monoisotopic (exact) mass is 399 g/mol. The number of aryl methyl sites for hydroxylation is 1. The summed E-state index contributed by atoms with van der Waals surface area (Å²) in [5.41, 5.74) is -0.677. The van der Waals surface area contributed by atoms with Crippen LogP contribution in [0, 0.1) is 0 Å². The predicted molar refractivity (Wildman–Crippen MR) is 95.3 cm³/mol. The number of nitrogens with zero attached hydrogens (tertiary/aromatic N) is 7. The highest BCUT2D eigenvalue weighted by Crippen LogP contribution is 2.34. The molecule has 0 aliphatic rings. The average Bonchev–Trinajstić information content (AvgIpc) is 3.19. The summed E-state index contributed by atoms with van der Waals surface area (Å²) in [6.45, 7) is 0.207. The van der Waals surface area contributed by atoms with Crippen molar-refractivity contribution in [2.45, 2.75) is 17.9 Å². The molecule has 0 amide bonds. The van der Waals surface area contributed by atoms with Gasteiger partial charge in [0.2, 0.25) is 0 Å². The number of aliphatic hydroxyl groups is 1. The van der Waals surface area contributed by atoms with Gasteiger partial charge in [0.1, 0.15) is 18.3 Å². The van der Waals surface area contributed by atoms with Crippen LogP contribution in [-0.4, -0.2) is 45.8 Å². The lowest BCUT2D eigenvalue weighted by molar-refractivity contribution is 0.0397. The Balaban J connectivity index is 1.82. The number of thioether (sulfide) groups is 1. The third-order valence-corrected chi connectivity index (χ3v) is 5.29. The van der Waals surface area contributed by atoms with Crippen LogP contribution in [-0.2, 0) is 24.9 Å². The molecule has 0 aliphatic carbocycles. The van der Waals surface area contributed by atoms with Crippen LogP contribution in [0.15, 0.2) is 30.9 Å². The van der Waals surface area contributed by atoms with Crippen LogP contribution in [0.4, 0.5) is 0 Å². The minimum Gasteiger partial charge on any atom is -0.382 e. The van der Waals surface area contributed by atoms with Gasteiger partial charge in [0.05, 0.1) is 12.3 Å². The van der Waals surface area contributed by atoms with Crippen LogP contribution in [0.3, 0.4) is 0 Å². The Labute approximate surface area is 158 Å². The zero-order valence-corrected chi connectivity index (χ0v) is 15.6. The summed E-state index contributed by atoms with van der Waals surface area (Å²) >= 11 is 13.8. The molecule has 11 heteroatoms. The average molecular weight is 400 g/mol. The highest BCUT2D eigenvalue weighted by molar-refractivity contribution is 7.98. The van der Waals surface area contributed by atoms with Crippen molar-refractivity contribution in [3.63, 3.8) is 0 Å². The number of hydrogen-bond acceptors (Lipinski definition) is 7. The van der Waals surface area contributed by atoms with Gasteiger partial charge in [-0.3, -0.25) is 0 Å². The topological polar surface area (TPSA) is 94.5 Å². The molecule has 132 valence electrons. The van der Waals surface area contributed by atoms with Crippen LogP contribution < -0.4 is 0 Å². The molecular formula is C14H15Cl2N7OS. The van der Waals surface area contributed by atoms with Crippen LogP contribution in [0.5, 0.6) is 0 Å². The summed E-state index contributed by atoms with van der Waals surface area (Å²) in [4.78, 5) is 3.92. The smallest absolute Gasteiger partial charge is 0.160 e. The molecule has 0 spiro atoms. The summed E-state index contributed by atoms with van der Waals surface area (Å²) in [6.07, 6.45) is 2.97. The summed E-state index contributed by atoms with van der Waals surface area (Å²) in [7, 11) is 1.77. The van der Waals surface area contributed by atoms with E-state index in [2.05, 4.69) is 25.6 Å². The maximum Gasteiger partial charge on any atom is 0.160 e. The largest absolute Gasteiger partial charge is 0.382 e. The van der Waals surface area contributed by atoms with Crippen LogP contribution >= 0.6 is 35.0 Å². The molecule has 1 N–H and O–H groups in total. The summed E-state index contributed by atoms with van der Waals surface area (Å²) < 4.78 is 3.16. The number of rotatable bonds is 7. The third-order valence-electron chi connectivity index (χ3n) is 3.60. The number of hydrogen-bond donors (Lipinski definition) is 1.